The van der Waals surface area contributed by atoms with Gasteiger partial charge < -0.3 is 14.5 Å². The molecule has 0 bridgehead atoms. The average molecular weight is 259 g/mol. The molecular weight excluding hydrogens is 238 g/mol. The molecule has 0 aliphatic heterocycles. The number of ether oxygens (including phenoxy) is 1. The Kier molecular flexibility index (Phi) is 5.04. The van der Waals surface area contributed by atoms with Crippen LogP contribution in [0.5, 0.6) is 5.75 Å². The van der Waals surface area contributed by atoms with Gasteiger partial charge >= 0.3 is 0 Å². The predicted molar refractivity (Wildman–Crippen MR) is 76.2 cm³/mol. The average Bonchev–Trinajstić information content (AvgIpc) is 2.96. The SMILES string of the molecule is CCCOc1ccc(C(C)NCc2ccoc2)cc1. The van der Waals surface area contributed by atoms with Gasteiger partial charge in [0.2, 0.25) is 0 Å². The Labute approximate surface area is 114 Å². The van der Waals surface area contributed by atoms with Crippen LogP contribution in [0, 0.1) is 0 Å². The summed E-state index contributed by atoms with van der Waals surface area (Å²) in [5, 5.41) is 3.46. The van der Waals surface area contributed by atoms with Crippen LogP contribution < -0.4 is 10.1 Å². The standard InChI is InChI=1S/C16H21NO2/c1-3-9-19-16-6-4-15(5-7-16)13(2)17-11-14-8-10-18-12-14/h4-8,10,12-13,17H,3,9,11H2,1-2H3. The Morgan fingerprint density at radius 2 is 2.00 bits per heavy atom. The van der Waals surface area contributed by atoms with Gasteiger partial charge in [0.25, 0.3) is 0 Å². The molecule has 1 unspecified atom stereocenters. The van der Waals surface area contributed by atoms with Gasteiger partial charge in [-0.1, -0.05) is 19.1 Å². The first-order valence-electron chi connectivity index (χ1n) is 6.77. The second kappa shape index (κ2) is 7.00. The largest absolute Gasteiger partial charge is 0.494 e. The summed E-state index contributed by atoms with van der Waals surface area (Å²) in [5.74, 6) is 0.938. The summed E-state index contributed by atoms with van der Waals surface area (Å²) < 4.78 is 10.6. The van der Waals surface area contributed by atoms with Crippen molar-refractivity contribution in [2.24, 2.45) is 0 Å². The number of nitrogens with one attached hydrogen (secondary N) is 1. The van der Waals surface area contributed by atoms with Gasteiger partial charge in [-0.2, -0.15) is 0 Å². The van der Waals surface area contributed by atoms with Crippen LogP contribution in [0.2, 0.25) is 0 Å². The molecule has 1 aromatic heterocycles. The smallest absolute Gasteiger partial charge is 0.119 e. The van der Waals surface area contributed by atoms with E-state index in [0.29, 0.717) is 6.04 Å². The summed E-state index contributed by atoms with van der Waals surface area (Å²) in [5.41, 5.74) is 2.42. The maximum Gasteiger partial charge on any atom is 0.119 e. The molecule has 1 N–H and O–H groups in total. The summed E-state index contributed by atoms with van der Waals surface area (Å²) in [7, 11) is 0. The molecule has 19 heavy (non-hydrogen) atoms. The Bertz CT molecular complexity index is 462. The predicted octanol–water partition coefficient (Wildman–Crippen LogP) is 3.92. The van der Waals surface area contributed by atoms with Gasteiger partial charge in [0.05, 0.1) is 19.1 Å². The molecule has 0 aliphatic carbocycles. The van der Waals surface area contributed by atoms with Gasteiger partial charge in [-0.15, -0.1) is 0 Å². The Balaban J connectivity index is 1.86. The number of benzene rings is 1. The number of furan rings is 1. The molecule has 0 saturated carbocycles. The van der Waals surface area contributed by atoms with Crippen LogP contribution in [0.1, 0.15) is 37.4 Å². The topological polar surface area (TPSA) is 34.4 Å². The summed E-state index contributed by atoms with van der Waals surface area (Å²) in [6, 6.07) is 10.6. The molecule has 0 fully saturated rings. The number of rotatable bonds is 7. The van der Waals surface area contributed by atoms with Crippen molar-refractivity contribution in [3.05, 3.63) is 54.0 Å². The van der Waals surface area contributed by atoms with Crippen molar-refractivity contribution < 1.29 is 9.15 Å². The normalized spacial score (nSPS) is 12.3. The zero-order valence-corrected chi connectivity index (χ0v) is 11.6. The molecule has 102 valence electrons. The number of hydrogen-bond donors (Lipinski definition) is 1. The lowest BCUT2D eigenvalue weighted by Gasteiger charge is -2.14. The van der Waals surface area contributed by atoms with Crippen molar-refractivity contribution in [1.29, 1.82) is 0 Å². The fourth-order valence-electron chi connectivity index (χ4n) is 1.85. The van der Waals surface area contributed by atoms with E-state index in [4.69, 9.17) is 9.15 Å². The van der Waals surface area contributed by atoms with Gasteiger partial charge in [-0.25, -0.2) is 0 Å². The lowest BCUT2D eigenvalue weighted by molar-refractivity contribution is 0.317. The molecule has 0 radical (unpaired) electrons. The van der Waals surface area contributed by atoms with Crippen molar-refractivity contribution >= 4 is 0 Å². The molecule has 2 aromatic rings. The van der Waals surface area contributed by atoms with E-state index in [1.807, 2.05) is 18.2 Å². The minimum absolute atomic E-state index is 0.301. The second-order valence-electron chi connectivity index (χ2n) is 4.65. The Hall–Kier alpha value is -1.74. The van der Waals surface area contributed by atoms with Gasteiger partial charge in [-0.05, 0) is 37.1 Å². The maximum absolute atomic E-state index is 5.58. The molecule has 2 rings (SSSR count). The molecule has 3 heteroatoms. The van der Waals surface area contributed by atoms with E-state index >= 15 is 0 Å². The second-order valence-corrected chi connectivity index (χ2v) is 4.65. The van der Waals surface area contributed by atoms with Gasteiger partial charge in [-0.3, -0.25) is 0 Å². The summed E-state index contributed by atoms with van der Waals surface area (Å²) in [6.45, 7) is 5.84. The first-order chi connectivity index (χ1) is 9.29. The van der Waals surface area contributed by atoms with E-state index in [-0.39, 0.29) is 0 Å². The summed E-state index contributed by atoms with van der Waals surface area (Å²) in [6.07, 6.45) is 4.49. The lowest BCUT2D eigenvalue weighted by Crippen LogP contribution is -2.17. The third-order valence-electron chi connectivity index (χ3n) is 3.05. The highest BCUT2D eigenvalue weighted by Crippen LogP contribution is 2.18. The van der Waals surface area contributed by atoms with Crippen LogP contribution in [0.15, 0.2) is 47.3 Å². The van der Waals surface area contributed by atoms with Gasteiger partial charge in [0.15, 0.2) is 0 Å². The lowest BCUT2D eigenvalue weighted by atomic mass is 10.1. The molecule has 0 spiro atoms. The highest BCUT2D eigenvalue weighted by Gasteiger charge is 2.05. The first kappa shape index (κ1) is 13.7. The minimum Gasteiger partial charge on any atom is -0.494 e. The number of hydrogen-bond acceptors (Lipinski definition) is 3. The fourth-order valence-corrected chi connectivity index (χ4v) is 1.85. The molecular formula is C16H21NO2. The summed E-state index contributed by atoms with van der Waals surface area (Å²) in [4.78, 5) is 0. The van der Waals surface area contributed by atoms with Crippen LogP contribution in [-0.4, -0.2) is 6.61 Å². The Morgan fingerprint density at radius 3 is 2.63 bits per heavy atom. The van der Waals surface area contributed by atoms with Crippen LogP contribution >= 0.6 is 0 Å². The van der Waals surface area contributed by atoms with E-state index in [9.17, 15) is 0 Å². The maximum atomic E-state index is 5.58. The summed E-state index contributed by atoms with van der Waals surface area (Å²) >= 11 is 0. The van der Waals surface area contributed by atoms with Crippen LogP contribution in [-0.2, 0) is 6.54 Å². The highest BCUT2D eigenvalue weighted by molar-refractivity contribution is 5.29. The quantitative estimate of drug-likeness (QED) is 0.818. The van der Waals surface area contributed by atoms with E-state index in [0.717, 1.165) is 30.9 Å². The highest BCUT2D eigenvalue weighted by atomic mass is 16.5. The van der Waals surface area contributed by atoms with Crippen LogP contribution in [0.4, 0.5) is 0 Å². The van der Waals surface area contributed by atoms with E-state index in [2.05, 4.69) is 31.3 Å². The van der Waals surface area contributed by atoms with Crippen molar-refractivity contribution in [1.82, 2.24) is 5.32 Å². The van der Waals surface area contributed by atoms with Gasteiger partial charge in [0.1, 0.15) is 5.75 Å². The van der Waals surface area contributed by atoms with Crippen molar-refractivity contribution in [3.8, 4) is 5.75 Å². The molecule has 3 nitrogen and oxygen atoms in total. The van der Waals surface area contributed by atoms with E-state index in [1.54, 1.807) is 12.5 Å². The third-order valence-corrected chi connectivity index (χ3v) is 3.05. The minimum atomic E-state index is 0.301. The van der Waals surface area contributed by atoms with Crippen molar-refractivity contribution in [2.45, 2.75) is 32.9 Å². The fraction of sp³-hybridized carbons (Fsp3) is 0.375. The third kappa shape index (κ3) is 4.14. The zero-order chi connectivity index (χ0) is 13.5. The Morgan fingerprint density at radius 1 is 1.21 bits per heavy atom. The van der Waals surface area contributed by atoms with Crippen LogP contribution in [0.25, 0.3) is 0 Å². The first-order valence-corrected chi connectivity index (χ1v) is 6.77. The van der Waals surface area contributed by atoms with Crippen LogP contribution in [0.3, 0.4) is 0 Å². The zero-order valence-electron chi connectivity index (χ0n) is 11.6. The molecule has 1 aromatic carbocycles. The van der Waals surface area contributed by atoms with Gasteiger partial charge in [0, 0.05) is 18.2 Å². The molecule has 1 heterocycles. The molecule has 0 aliphatic rings. The molecule has 0 amide bonds. The molecule has 1 atom stereocenters. The van der Waals surface area contributed by atoms with Crippen molar-refractivity contribution in [3.63, 3.8) is 0 Å². The molecule has 0 saturated heterocycles. The monoisotopic (exact) mass is 259 g/mol. The van der Waals surface area contributed by atoms with Crippen molar-refractivity contribution in [2.75, 3.05) is 6.61 Å². The van der Waals surface area contributed by atoms with E-state index in [1.165, 1.54) is 5.56 Å². The van der Waals surface area contributed by atoms with E-state index < -0.39 is 0 Å².